The second kappa shape index (κ2) is 45.9. The van der Waals surface area contributed by atoms with Crippen LogP contribution in [0.3, 0.4) is 0 Å². The summed E-state index contributed by atoms with van der Waals surface area (Å²) in [5.41, 5.74) is 12.0. The van der Waals surface area contributed by atoms with Gasteiger partial charge >= 0.3 is 17.9 Å². The van der Waals surface area contributed by atoms with Gasteiger partial charge in [-0.3, -0.25) is 62.3 Å². The highest BCUT2D eigenvalue weighted by molar-refractivity contribution is 6.00. The number of aromatic hydroxyl groups is 1. The Labute approximate surface area is 619 Å². The smallest absolute Gasteiger partial charge is 0.334 e. The lowest BCUT2D eigenvalue weighted by molar-refractivity contribution is -0.144. The Balaban J connectivity index is 1.76. The van der Waals surface area contributed by atoms with E-state index in [1.165, 1.54) is 74.2 Å². The molecule has 32 nitrogen and oxygen atoms in total. The van der Waals surface area contributed by atoms with E-state index in [2.05, 4.69) is 61.7 Å². The predicted molar refractivity (Wildman–Crippen MR) is 388 cm³/mol. The first-order valence-electron chi connectivity index (χ1n) is 37.1. The van der Waals surface area contributed by atoms with Crippen molar-refractivity contribution in [2.45, 2.75) is 275 Å². The summed E-state index contributed by atoms with van der Waals surface area (Å²) in [6, 6.07) is -4.95. The fraction of sp³-hybridized carbons (Fsp3) is 0.649. The Bertz CT molecular complexity index is 3260. The molecule has 0 aliphatic carbocycles. The second-order valence-corrected chi connectivity index (χ2v) is 28.5. The van der Waals surface area contributed by atoms with Gasteiger partial charge in [-0.05, 0) is 118 Å². The van der Waals surface area contributed by atoms with E-state index >= 15 is 0 Å². The summed E-state index contributed by atoms with van der Waals surface area (Å²) in [6.07, 6.45) is 3.69. The Hall–Kier alpha value is -9.30. The number of nitrogens with two attached hydrogens (primary N) is 2. The number of aliphatic hydroxyl groups excluding tert-OH is 2. The third-order valence-electron chi connectivity index (χ3n) is 18.9. The molecule has 13 atom stereocenters. The van der Waals surface area contributed by atoms with Gasteiger partial charge in [0.05, 0.1) is 18.6 Å². The molecule has 2 aromatic rings. The van der Waals surface area contributed by atoms with Crippen LogP contribution in [0.4, 0.5) is 0 Å². The average Bonchev–Trinajstić information content (AvgIpc) is 1.58. The van der Waals surface area contributed by atoms with Crippen molar-refractivity contribution in [1.82, 2.24) is 52.8 Å². The molecule has 0 aromatic heterocycles. The average molecular weight is 1490 g/mol. The third kappa shape index (κ3) is 31.4. The minimum absolute atomic E-state index is 0.0238. The van der Waals surface area contributed by atoms with Gasteiger partial charge < -0.3 is 94.5 Å². The molecule has 2 aromatic carbocycles. The topological polar surface area (TPSA) is 513 Å². The van der Waals surface area contributed by atoms with E-state index in [0.29, 0.717) is 18.4 Å². The molecule has 2 bridgehead atoms. The number of carbonyl (C=O) groups is 14. The normalized spacial score (nSPS) is 21.9. The summed E-state index contributed by atoms with van der Waals surface area (Å²) in [5, 5.41) is 74.5. The number of rotatable bonds is 36. The van der Waals surface area contributed by atoms with Crippen LogP contribution in [0.2, 0.25) is 0 Å². The maximum atomic E-state index is 14.9. The summed E-state index contributed by atoms with van der Waals surface area (Å²) < 4.78 is 5.77. The van der Waals surface area contributed by atoms with Gasteiger partial charge in [-0.25, -0.2) is 4.79 Å². The number of phenols is 1. The van der Waals surface area contributed by atoms with Gasteiger partial charge in [0, 0.05) is 38.6 Å². The van der Waals surface area contributed by atoms with Crippen molar-refractivity contribution in [2.24, 2.45) is 29.2 Å². The molecule has 3 aliphatic heterocycles. The molecule has 590 valence electrons. The fourth-order valence-electron chi connectivity index (χ4n) is 12.3. The lowest BCUT2D eigenvalue weighted by atomic mass is 9.99. The van der Waals surface area contributed by atoms with Crippen molar-refractivity contribution < 1.29 is 97.4 Å². The van der Waals surface area contributed by atoms with Gasteiger partial charge in [0.25, 0.3) is 0 Å². The summed E-state index contributed by atoms with van der Waals surface area (Å²) in [4.78, 5) is 196. The van der Waals surface area contributed by atoms with Gasteiger partial charge in [0.15, 0.2) is 0 Å². The van der Waals surface area contributed by atoms with Crippen LogP contribution in [0.25, 0.3) is 0 Å². The van der Waals surface area contributed by atoms with Crippen molar-refractivity contribution >= 4 is 82.9 Å². The van der Waals surface area contributed by atoms with Crippen LogP contribution in [-0.2, 0) is 80.0 Å². The molecule has 11 amide bonds. The zero-order valence-corrected chi connectivity index (χ0v) is 62.1. The van der Waals surface area contributed by atoms with Crippen LogP contribution >= 0.6 is 0 Å². The molecule has 0 radical (unpaired) electrons. The first kappa shape index (κ1) is 89.1. The number of esters is 1. The van der Waals surface area contributed by atoms with E-state index in [9.17, 15) is 92.7 Å². The zero-order chi connectivity index (χ0) is 78.7. The first-order chi connectivity index (χ1) is 50.2. The number of hydrogen-bond donors (Lipinski definition) is 16. The van der Waals surface area contributed by atoms with Crippen LogP contribution in [0, 0.1) is 17.8 Å². The lowest BCUT2D eigenvalue weighted by Gasteiger charge is -2.32. The molecule has 3 heterocycles. The molecular formula is C74H114N12O20. The number of ether oxygens (including phenoxy) is 1. The highest BCUT2D eigenvalue weighted by Crippen LogP contribution is 2.24. The summed E-state index contributed by atoms with van der Waals surface area (Å²) in [7, 11) is 0. The van der Waals surface area contributed by atoms with Crippen LogP contribution < -0.4 is 64.1 Å². The predicted octanol–water partition coefficient (Wildman–Crippen LogP) is 1.58. The molecule has 32 heteroatoms. The number of fused-ring (bicyclic) bond motifs is 23. The molecule has 13 unspecified atom stereocenters. The van der Waals surface area contributed by atoms with Crippen molar-refractivity contribution in [1.29, 1.82) is 0 Å². The maximum absolute atomic E-state index is 14.9. The van der Waals surface area contributed by atoms with Crippen LogP contribution in [0.5, 0.6) is 11.5 Å². The summed E-state index contributed by atoms with van der Waals surface area (Å²) in [5.74, 6) is -15.5. The Morgan fingerprint density at radius 1 is 0.585 bits per heavy atom. The maximum Gasteiger partial charge on any atom is 0.334 e. The number of benzene rings is 2. The molecule has 1 fully saturated rings. The number of carboxylic acid groups (broad SMARTS) is 2. The fourth-order valence-corrected chi connectivity index (χ4v) is 12.3. The number of unbranched alkanes of at least 4 members (excludes halogenated alkanes) is 7. The standard InChI is InChI=1S/C74H114N12O20/c1-8-44(6)19-15-13-11-9-10-12-14-16-20-49(89)41-59(91)77-52(32-35-60(92)93)66(97)78-51(21-17-37-75)65(96)81-56-40-47-25-29-50(30-26-47)106-74(105)63(43(4)5)84-69(100)55(39-46-23-27-48(88)28-24-46)82-67(98)53(31-34-58(76)90)79-71(102)57-22-18-38-86(57)73(104)62(42(2)3)83-68(99)54(33-36-61(94)95)80-72(103)64(45(7)87)85-70(56)101/h23-30,42-45,49,51-57,62-64,87-89H,8-22,31-41,75H2,1-7H3,(H2,76,90)(H,77,91)(H,78,97)(H,79,102)(H,80,103)(H,81,96)(H,82,98)(H,83,99)(H,84,100)(H,85,101)(H,92,93)(H,94,95). The number of amides is 11. The van der Waals surface area contributed by atoms with Crippen molar-refractivity contribution in [3.63, 3.8) is 0 Å². The number of nitrogens with one attached hydrogen (secondary N) is 9. The van der Waals surface area contributed by atoms with Crippen molar-refractivity contribution in [2.75, 3.05) is 13.1 Å². The van der Waals surface area contributed by atoms with Gasteiger partial charge in [-0.15, -0.1) is 0 Å². The van der Waals surface area contributed by atoms with E-state index in [0.717, 1.165) is 49.8 Å². The Kier molecular flexibility index (Phi) is 38.6. The highest BCUT2D eigenvalue weighted by Gasteiger charge is 2.42. The Morgan fingerprint density at radius 3 is 1.70 bits per heavy atom. The number of phenolic OH excluding ortho intramolecular Hbond substituents is 1. The second-order valence-electron chi connectivity index (χ2n) is 28.5. The number of carbonyl (C=O) groups excluding carboxylic acids is 12. The quantitative estimate of drug-likeness (QED) is 0.0199. The number of primary amides is 1. The SMILES string of the molecule is CCC(C)CCCCCCCCCCC(O)CC(=O)NC(CCC(=O)O)C(=O)NC(CCCN)C(=O)NC1Cc2ccc(cc2)OC(=O)C(C(C)C)NC(=O)C(Cc2ccc(O)cc2)NC(=O)C(CCC(N)=O)NC(=O)C2CCCN2C(=O)C(C(C)C)NC(=O)C(CCC(=O)O)NC(=O)C(C(C)O)NC1=O. The third-order valence-corrected chi connectivity index (χ3v) is 18.9. The number of aliphatic carboxylic acids is 2. The zero-order valence-electron chi connectivity index (χ0n) is 62.1. The monoisotopic (exact) mass is 1490 g/mol. The number of aliphatic hydroxyl groups is 2. The van der Waals surface area contributed by atoms with E-state index in [4.69, 9.17) is 16.2 Å². The van der Waals surface area contributed by atoms with Gasteiger partial charge in [0.1, 0.15) is 71.9 Å². The van der Waals surface area contributed by atoms with E-state index in [-0.39, 0.29) is 62.3 Å². The lowest BCUT2D eigenvalue weighted by Crippen LogP contribution is -2.62. The van der Waals surface area contributed by atoms with Gasteiger partial charge in [-0.1, -0.05) is 130 Å². The summed E-state index contributed by atoms with van der Waals surface area (Å²) >= 11 is 0. The molecule has 106 heavy (non-hydrogen) atoms. The molecule has 1 saturated heterocycles. The van der Waals surface area contributed by atoms with E-state index in [1.54, 1.807) is 27.7 Å². The number of nitrogens with zero attached hydrogens (tertiary/aromatic N) is 1. The van der Waals surface area contributed by atoms with Gasteiger partial charge in [-0.2, -0.15) is 0 Å². The molecule has 18 N–H and O–H groups in total. The number of hydrogen-bond acceptors (Lipinski definition) is 19. The van der Waals surface area contributed by atoms with Crippen LogP contribution in [0.1, 0.15) is 201 Å². The van der Waals surface area contributed by atoms with Crippen molar-refractivity contribution in [3.8, 4) is 11.5 Å². The molecule has 0 saturated carbocycles. The number of carboxylic acids is 2. The van der Waals surface area contributed by atoms with E-state index < -0.39 is 219 Å². The highest BCUT2D eigenvalue weighted by atomic mass is 16.5. The van der Waals surface area contributed by atoms with Crippen LogP contribution in [-0.4, -0.2) is 199 Å². The first-order valence-corrected chi connectivity index (χ1v) is 37.1. The molecule has 3 aliphatic rings. The largest absolute Gasteiger partial charge is 0.508 e. The van der Waals surface area contributed by atoms with Crippen LogP contribution in [0.15, 0.2) is 48.5 Å². The molecular weight excluding hydrogens is 1380 g/mol. The van der Waals surface area contributed by atoms with Crippen molar-refractivity contribution in [3.05, 3.63) is 59.7 Å². The van der Waals surface area contributed by atoms with Gasteiger partial charge in [0.2, 0.25) is 65.0 Å². The Morgan fingerprint density at radius 2 is 1.12 bits per heavy atom. The molecule has 5 rings (SSSR count). The summed E-state index contributed by atoms with van der Waals surface area (Å²) in [6.45, 7) is 11.8. The van der Waals surface area contributed by atoms with E-state index in [1.807, 2.05) is 0 Å². The molecule has 0 spiro atoms. The minimum Gasteiger partial charge on any atom is -0.508 e. The minimum atomic E-state index is -1.99.